The molecule has 1 heterocycles. The molecule has 0 aliphatic carbocycles. The van der Waals surface area contributed by atoms with Crippen LogP contribution in [0.15, 0.2) is 67.0 Å². The molecule has 0 unspecified atom stereocenters. The van der Waals surface area contributed by atoms with E-state index in [-0.39, 0.29) is 5.91 Å². The van der Waals surface area contributed by atoms with Crippen molar-refractivity contribution in [3.8, 4) is 5.75 Å². The van der Waals surface area contributed by atoms with Gasteiger partial charge in [0.05, 0.1) is 0 Å². The minimum Gasteiger partial charge on any atom is -0.481 e. The molecule has 0 aliphatic rings. The van der Waals surface area contributed by atoms with Crippen LogP contribution in [0.3, 0.4) is 0 Å². The lowest BCUT2D eigenvalue weighted by molar-refractivity contribution is -0.128. The van der Waals surface area contributed by atoms with E-state index in [9.17, 15) is 4.79 Å². The van der Waals surface area contributed by atoms with Gasteiger partial charge >= 0.3 is 0 Å². The highest BCUT2D eigenvalue weighted by molar-refractivity contribution is 5.84. The number of aromatic nitrogens is 1. The Balaban J connectivity index is 1.65. The highest BCUT2D eigenvalue weighted by Crippen LogP contribution is 2.22. The molecule has 1 atom stereocenters. The second-order valence-corrected chi connectivity index (χ2v) is 5.60. The van der Waals surface area contributed by atoms with Gasteiger partial charge in [0.2, 0.25) is 0 Å². The fourth-order valence-electron chi connectivity index (χ4n) is 2.53. The first-order valence-corrected chi connectivity index (χ1v) is 8.08. The van der Waals surface area contributed by atoms with Crippen molar-refractivity contribution in [2.75, 3.05) is 0 Å². The lowest BCUT2D eigenvalue weighted by Gasteiger charge is -2.17. The van der Waals surface area contributed by atoms with Crippen LogP contribution in [0, 0.1) is 0 Å². The number of hydrogen-bond acceptors (Lipinski definition) is 3. The average molecular weight is 320 g/mol. The number of nitrogens with zero attached hydrogens (tertiary/aromatic N) is 1. The summed E-state index contributed by atoms with van der Waals surface area (Å²) in [5.74, 6) is 0.589. The number of carbonyl (C=O) groups excluding carboxylic acids is 1. The van der Waals surface area contributed by atoms with Crippen LogP contribution in [0.1, 0.15) is 18.9 Å². The number of hydrogen-bond donors (Lipinski definition) is 1. The van der Waals surface area contributed by atoms with E-state index in [0.717, 1.165) is 16.3 Å². The molecule has 1 N–H and O–H groups in total. The van der Waals surface area contributed by atoms with Gasteiger partial charge in [-0.1, -0.05) is 43.3 Å². The van der Waals surface area contributed by atoms with Gasteiger partial charge in [-0.2, -0.15) is 0 Å². The number of pyridine rings is 1. The van der Waals surface area contributed by atoms with Gasteiger partial charge in [0.25, 0.3) is 5.91 Å². The van der Waals surface area contributed by atoms with Crippen molar-refractivity contribution >= 4 is 16.7 Å². The molecule has 3 rings (SSSR count). The van der Waals surface area contributed by atoms with Crippen LogP contribution in [-0.4, -0.2) is 17.0 Å². The summed E-state index contributed by atoms with van der Waals surface area (Å²) in [6, 6.07) is 17.7. The Morgan fingerprint density at radius 3 is 2.71 bits per heavy atom. The summed E-state index contributed by atoms with van der Waals surface area (Å²) in [6.07, 6.45) is 3.54. The van der Waals surface area contributed by atoms with Gasteiger partial charge in [-0.15, -0.1) is 0 Å². The van der Waals surface area contributed by atoms with Crippen LogP contribution in [0.5, 0.6) is 5.75 Å². The molecule has 24 heavy (non-hydrogen) atoms. The second kappa shape index (κ2) is 7.59. The first kappa shape index (κ1) is 16.0. The summed E-state index contributed by atoms with van der Waals surface area (Å²) < 4.78 is 5.89. The molecular formula is C20H20N2O2. The maximum Gasteiger partial charge on any atom is 0.261 e. The number of ether oxygens (including phenoxy) is 1. The van der Waals surface area contributed by atoms with Crippen molar-refractivity contribution in [1.29, 1.82) is 0 Å². The molecule has 0 saturated heterocycles. The molecular weight excluding hydrogens is 300 g/mol. The summed E-state index contributed by atoms with van der Waals surface area (Å²) in [4.78, 5) is 16.4. The van der Waals surface area contributed by atoms with Gasteiger partial charge in [-0.05, 0) is 41.0 Å². The Morgan fingerprint density at radius 2 is 1.96 bits per heavy atom. The minimum absolute atomic E-state index is 0.116. The Hall–Kier alpha value is -2.88. The third kappa shape index (κ3) is 3.90. The van der Waals surface area contributed by atoms with E-state index in [1.54, 1.807) is 12.4 Å². The van der Waals surface area contributed by atoms with E-state index in [2.05, 4.69) is 16.4 Å². The molecule has 4 heteroatoms. The lowest BCUT2D eigenvalue weighted by atomic mass is 10.1. The maximum absolute atomic E-state index is 12.4. The number of nitrogens with one attached hydrogen (secondary N) is 1. The largest absolute Gasteiger partial charge is 0.481 e. The van der Waals surface area contributed by atoms with Crippen molar-refractivity contribution in [2.45, 2.75) is 26.0 Å². The van der Waals surface area contributed by atoms with Crippen LogP contribution < -0.4 is 10.1 Å². The number of rotatable bonds is 6. The fraction of sp³-hybridized carbons (Fsp3) is 0.200. The highest BCUT2D eigenvalue weighted by atomic mass is 16.5. The monoisotopic (exact) mass is 320 g/mol. The van der Waals surface area contributed by atoms with Crippen LogP contribution in [0.4, 0.5) is 0 Å². The van der Waals surface area contributed by atoms with Gasteiger partial charge in [-0.3, -0.25) is 9.78 Å². The predicted octanol–water partition coefficient (Wildman–Crippen LogP) is 3.71. The molecule has 0 bridgehead atoms. The van der Waals surface area contributed by atoms with Crippen molar-refractivity contribution < 1.29 is 9.53 Å². The Kier molecular flexibility index (Phi) is 5.06. The van der Waals surface area contributed by atoms with Gasteiger partial charge in [-0.25, -0.2) is 0 Å². The molecule has 122 valence electrons. The SMILES string of the molecule is CC[C@@H](Oc1ccc2ccccc2c1)C(=O)NCc1cccnc1. The van der Waals surface area contributed by atoms with Gasteiger partial charge in [0.1, 0.15) is 5.75 Å². The smallest absolute Gasteiger partial charge is 0.261 e. The molecule has 0 aliphatic heterocycles. The third-order valence-electron chi connectivity index (χ3n) is 3.85. The number of carbonyl (C=O) groups is 1. The number of benzene rings is 2. The van der Waals surface area contributed by atoms with E-state index >= 15 is 0 Å². The van der Waals surface area contributed by atoms with E-state index in [4.69, 9.17) is 4.74 Å². The van der Waals surface area contributed by atoms with Crippen LogP contribution in [0.25, 0.3) is 10.8 Å². The standard InChI is InChI=1S/C20H20N2O2/c1-2-19(20(23)22-14-15-6-5-11-21-13-15)24-18-10-9-16-7-3-4-8-17(16)12-18/h3-13,19H,2,14H2,1H3,(H,22,23)/t19-/m1/s1. The normalized spacial score (nSPS) is 11.9. The fourth-order valence-corrected chi connectivity index (χ4v) is 2.53. The first-order valence-electron chi connectivity index (χ1n) is 8.08. The molecule has 0 spiro atoms. The number of amides is 1. The summed E-state index contributed by atoms with van der Waals surface area (Å²) in [6.45, 7) is 2.39. The summed E-state index contributed by atoms with van der Waals surface area (Å²) in [7, 11) is 0. The molecule has 3 aromatic rings. The molecule has 2 aromatic carbocycles. The Labute approximate surface area is 141 Å². The van der Waals surface area contributed by atoms with Gasteiger partial charge in [0, 0.05) is 18.9 Å². The van der Waals surface area contributed by atoms with Crippen molar-refractivity contribution in [2.24, 2.45) is 0 Å². The lowest BCUT2D eigenvalue weighted by Crippen LogP contribution is -2.37. The molecule has 1 aromatic heterocycles. The Morgan fingerprint density at radius 1 is 1.12 bits per heavy atom. The topological polar surface area (TPSA) is 51.2 Å². The molecule has 0 radical (unpaired) electrons. The molecule has 0 saturated carbocycles. The van der Waals surface area contributed by atoms with E-state index in [1.807, 2.05) is 55.5 Å². The Bertz CT molecular complexity index is 818. The maximum atomic E-state index is 12.4. The first-order chi connectivity index (χ1) is 11.8. The third-order valence-corrected chi connectivity index (χ3v) is 3.85. The summed E-state index contributed by atoms with van der Waals surface area (Å²) in [5, 5.41) is 5.15. The highest BCUT2D eigenvalue weighted by Gasteiger charge is 2.18. The van der Waals surface area contributed by atoms with Crippen molar-refractivity contribution in [3.05, 3.63) is 72.6 Å². The van der Waals surface area contributed by atoms with Crippen molar-refractivity contribution in [3.63, 3.8) is 0 Å². The molecule has 4 nitrogen and oxygen atoms in total. The average Bonchev–Trinajstić information content (AvgIpc) is 2.65. The number of fused-ring (bicyclic) bond motifs is 1. The second-order valence-electron chi connectivity index (χ2n) is 5.60. The van der Waals surface area contributed by atoms with Gasteiger partial charge < -0.3 is 10.1 Å². The zero-order valence-corrected chi connectivity index (χ0v) is 13.6. The summed E-state index contributed by atoms with van der Waals surface area (Å²) in [5.41, 5.74) is 0.964. The van der Waals surface area contributed by atoms with Crippen LogP contribution in [0.2, 0.25) is 0 Å². The zero-order valence-electron chi connectivity index (χ0n) is 13.6. The van der Waals surface area contributed by atoms with Gasteiger partial charge in [0.15, 0.2) is 6.10 Å². The van der Waals surface area contributed by atoms with E-state index in [0.29, 0.717) is 18.7 Å². The van der Waals surface area contributed by atoms with E-state index in [1.165, 1.54) is 0 Å². The zero-order chi connectivity index (χ0) is 16.8. The summed E-state index contributed by atoms with van der Waals surface area (Å²) >= 11 is 0. The molecule has 0 fully saturated rings. The minimum atomic E-state index is -0.511. The molecule has 1 amide bonds. The van der Waals surface area contributed by atoms with E-state index < -0.39 is 6.10 Å². The van der Waals surface area contributed by atoms with Crippen LogP contribution >= 0.6 is 0 Å². The van der Waals surface area contributed by atoms with Crippen molar-refractivity contribution in [1.82, 2.24) is 10.3 Å². The quantitative estimate of drug-likeness (QED) is 0.753. The predicted molar refractivity (Wildman–Crippen MR) is 94.7 cm³/mol. The van der Waals surface area contributed by atoms with Crippen LogP contribution in [-0.2, 0) is 11.3 Å².